The first-order valence-corrected chi connectivity index (χ1v) is 6.46. The van der Waals surface area contributed by atoms with Crippen molar-refractivity contribution in [3.63, 3.8) is 0 Å². The van der Waals surface area contributed by atoms with Crippen molar-refractivity contribution in [3.8, 4) is 0 Å². The molecule has 0 aliphatic heterocycles. The fraction of sp³-hybridized carbons (Fsp3) is 0.929. The highest BCUT2D eigenvalue weighted by molar-refractivity contribution is 4.83. The van der Waals surface area contributed by atoms with Gasteiger partial charge in [-0.25, -0.2) is 0 Å². The van der Waals surface area contributed by atoms with Gasteiger partial charge in [-0.3, -0.25) is 0 Å². The Labute approximate surface area is 91.5 Å². The minimum atomic E-state index is 0.472. The molecule has 0 bridgehead atoms. The zero-order chi connectivity index (χ0) is 10.9. The topological polar surface area (TPSA) is 0 Å². The van der Waals surface area contributed by atoms with Crippen LogP contribution in [-0.4, -0.2) is 0 Å². The van der Waals surface area contributed by atoms with Crippen LogP contribution in [0.25, 0.3) is 0 Å². The zero-order valence-corrected chi connectivity index (χ0v) is 10.7. The van der Waals surface area contributed by atoms with Crippen molar-refractivity contribution in [2.75, 3.05) is 0 Å². The van der Waals surface area contributed by atoms with Gasteiger partial charge < -0.3 is 0 Å². The lowest BCUT2D eigenvalue weighted by atomic mass is 9.83. The van der Waals surface area contributed by atoms with Crippen molar-refractivity contribution in [3.05, 3.63) is 6.42 Å². The van der Waals surface area contributed by atoms with E-state index >= 15 is 0 Å². The molecule has 85 valence electrons. The summed E-state index contributed by atoms with van der Waals surface area (Å²) in [5.41, 5.74) is 0.472. The summed E-state index contributed by atoms with van der Waals surface area (Å²) in [5.74, 6) is 0. The van der Waals surface area contributed by atoms with Crippen LogP contribution < -0.4 is 0 Å². The molecule has 0 spiro atoms. The molecule has 1 radical (unpaired) electrons. The average molecular weight is 197 g/mol. The molecule has 0 rings (SSSR count). The molecule has 0 aromatic heterocycles. The Morgan fingerprint density at radius 2 is 1.43 bits per heavy atom. The van der Waals surface area contributed by atoms with E-state index in [0.29, 0.717) is 5.41 Å². The maximum Gasteiger partial charge on any atom is -0.0323 e. The van der Waals surface area contributed by atoms with Crippen LogP contribution in [0.2, 0.25) is 0 Å². The quantitative estimate of drug-likeness (QED) is 0.435. The van der Waals surface area contributed by atoms with Gasteiger partial charge in [0.25, 0.3) is 0 Å². The third-order valence-electron chi connectivity index (χ3n) is 2.93. The van der Waals surface area contributed by atoms with Crippen molar-refractivity contribution in [1.82, 2.24) is 0 Å². The van der Waals surface area contributed by atoms with Crippen LogP contribution in [0.3, 0.4) is 0 Å². The minimum absolute atomic E-state index is 0.472. The second-order valence-electron chi connectivity index (χ2n) is 5.12. The molecule has 14 heavy (non-hydrogen) atoms. The molecule has 0 saturated heterocycles. The first kappa shape index (κ1) is 14.0. The highest BCUT2D eigenvalue weighted by Crippen LogP contribution is 2.28. The molecule has 0 aliphatic rings. The highest BCUT2D eigenvalue weighted by Gasteiger charge is 2.15. The molecule has 0 amide bonds. The molecular formula is C14H29. The summed E-state index contributed by atoms with van der Waals surface area (Å²) >= 11 is 0. The third-order valence-corrected chi connectivity index (χ3v) is 2.93. The lowest BCUT2D eigenvalue weighted by Crippen LogP contribution is -2.11. The Balaban J connectivity index is 3.26. The molecule has 0 heterocycles. The van der Waals surface area contributed by atoms with E-state index in [1.54, 1.807) is 0 Å². The monoisotopic (exact) mass is 197 g/mol. The Morgan fingerprint density at radius 3 is 2.00 bits per heavy atom. The molecule has 0 saturated carbocycles. The molecule has 0 unspecified atom stereocenters. The van der Waals surface area contributed by atoms with Gasteiger partial charge in [0.2, 0.25) is 0 Å². The van der Waals surface area contributed by atoms with E-state index in [9.17, 15) is 0 Å². The second-order valence-corrected chi connectivity index (χ2v) is 5.12. The second kappa shape index (κ2) is 8.32. The lowest BCUT2D eigenvalue weighted by Gasteiger charge is -2.23. The normalized spacial score (nSPS) is 12.0. The standard InChI is InChI=1S/C14H29/c1-5-7-8-9-10-11-13-14(3,4)12-6-2/h12H,5-11,13H2,1-4H3. The molecule has 0 aliphatic carbocycles. The van der Waals surface area contributed by atoms with Gasteiger partial charge in [-0.2, -0.15) is 0 Å². The van der Waals surface area contributed by atoms with E-state index in [4.69, 9.17) is 0 Å². The Kier molecular flexibility index (Phi) is 8.32. The van der Waals surface area contributed by atoms with Crippen molar-refractivity contribution in [1.29, 1.82) is 0 Å². The van der Waals surface area contributed by atoms with Gasteiger partial charge in [-0.15, -0.1) is 0 Å². The van der Waals surface area contributed by atoms with Crippen LogP contribution in [0.15, 0.2) is 0 Å². The maximum absolute atomic E-state index is 2.46. The largest absolute Gasteiger partial charge is 0.0654 e. The fourth-order valence-corrected chi connectivity index (χ4v) is 2.02. The molecule has 0 aromatic rings. The number of hydrogen-bond acceptors (Lipinski definition) is 0. The van der Waals surface area contributed by atoms with Crippen LogP contribution in [0.5, 0.6) is 0 Å². The van der Waals surface area contributed by atoms with Crippen LogP contribution in [0, 0.1) is 11.8 Å². The van der Waals surface area contributed by atoms with E-state index < -0.39 is 0 Å². The summed E-state index contributed by atoms with van der Waals surface area (Å²) in [6, 6.07) is 0. The van der Waals surface area contributed by atoms with Crippen LogP contribution >= 0.6 is 0 Å². The number of rotatable bonds is 9. The average Bonchev–Trinajstić information content (AvgIpc) is 2.11. The molecule has 0 aromatic carbocycles. The molecule has 0 fully saturated rings. The van der Waals surface area contributed by atoms with E-state index in [-0.39, 0.29) is 0 Å². The summed E-state index contributed by atoms with van der Waals surface area (Å²) < 4.78 is 0. The van der Waals surface area contributed by atoms with Crippen molar-refractivity contribution in [2.45, 2.75) is 79.1 Å². The minimum Gasteiger partial charge on any atom is -0.0654 e. The first-order chi connectivity index (χ1) is 6.62. The summed E-state index contributed by atoms with van der Waals surface area (Å²) in [6.45, 7) is 9.24. The van der Waals surface area contributed by atoms with Crippen molar-refractivity contribution >= 4 is 0 Å². The first-order valence-electron chi connectivity index (χ1n) is 6.46. The van der Waals surface area contributed by atoms with Gasteiger partial charge >= 0.3 is 0 Å². The summed E-state index contributed by atoms with van der Waals surface area (Å²) in [4.78, 5) is 0. The Morgan fingerprint density at radius 1 is 0.857 bits per heavy atom. The smallest absolute Gasteiger partial charge is 0.0323 e. The van der Waals surface area contributed by atoms with E-state index in [1.807, 2.05) is 0 Å². The number of unbranched alkanes of at least 4 members (excludes halogenated alkanes) is 5. The van der Waals surface area contributed by atoms with E-state index in [2.05, 4.69) is 34.1 Å². The van der Waals surface area contributed by atoms with Gasteiger partial charge in [0, 0.05) is 0 Å². The summed E-state index contributed by atoms with van der Waals surface area (Å²) in [5, 5.41) is 0. The van der Waals surface area contributed by atoms with Gasteiger partial charge in [0.1, 0.15) is 0 Å². The zero-order valence-electron chi connectivity index (χ0n) is 10.7. The summed E-state index contributed by atoms with van der Waals surface area (Å²) in [7, 11) is 0. The predicted molar refractivity (Wildman–Crippen MR) is 66.4 cm³/mol. The molecular weight excluding hydrogens is 168 g/mol. The van der Waals surface area contributed by atoms with Gasteiger partial charge in [-0.1, -0.05) is 72.6 Å². The molecule has 0 N–H and O–H groups in total. The van der Waals surface area contributed by atoms with Crippen LogP contribution in [0.1, 0.15) is 79.1 Å². The van der Waals surface area contributed by atoms with Crippen molar-refractivity contribution < 1.29 is 0 Å². The SMILES string of the molecule is CC[CH]C(C)(C)CCCCCCCC. The Hall–Kier alpha value is 0. The van der Waals surface area contributed by atoms with E-state index in [1.165, 1.54) is 51.4 Å². The molecule has 0 heteroatoms. The van der Waals surface area contributed by atoms with Gasteiger partial charge in [0.05, 0.1) is 0 Å². The molecule has 0 nitrogen and oxygen atoms in total. The van der Waals surface area contributed by atoms with Crippen LogP contribution in [0.4, 0.5) is 0 Å². The number of hydrogen-bond donors (Lipinski definition) is 0. The predicted octanol–water partition coefficient (Wildman–Crippen LogP) is 5.38. The van der Waals surface area contributed by atoms with Gasteiger partial charge in [0.15, 0.2) is 0 Å². The van der Waals surface area contributed by atoms with Gasteiger partial charge in [-0.05, 0) is 18.3 Å². The van der Waals surface area contributed by atoms with Crippen molar-refractivity contribution in [2.24, 2.45) is 5.41 Å². The fourth-order valence-electron chi connectivity index (χ4n) is 2.02. The van der Waals surface area contributed by atoms with Crippen LogP contribution in [-0.2, 0) is 0 Å². The maximum atomic E-state index is 2.46. The highest BCUT2D eigenvalue weighted by atomic mass is 14.2. The lowest BCUT2D eigenvalue weighted by molar-refractivity contribution is 0.368. The summed E-state index contributed by atoms with van der Waals surface area (Å²) in [6.07, 6.45) is 13.5. The third kappa shape index (κ3) is 8.59. The Bertz CT molecular complexity index is 113. The van der Waals surface area contributed by atoms with E-state index in [0.717, 1.165) is 0 Å². The molecule has 0 atom stereocenters.